The van der Waals surface area contributed by atoms with Crippen LogP contribution in [0.1, 0.15) is 5.56 Å². The Bertz CT molecular complexity index is 821. The van der Waals surface area contributed by atoms with Gasteiger partial charge < -0.3 is 11.1 Å². The SMILES string of the molecule is Cc1cnc(N)nc1-c1ccccc1Nc1ccnc(Cl)n1. The molecule has 22 heavy (non-hydrogen) atoms. The van der Waals surface area contributed by atoms with Gasteiger partial charge in [0.15, 0.2) is 0 Å². The molecule has 1 aromatic carbocycles. The Morgan fingerprint density at radius 3 is 2.73 bits per heavy atom. The number of para-hydroxylation sites is 1. The van der Waals surface area contributed by atoms with E-state index in [-0.39, 0.29) is 11.2 Å². The monoisotopic (exact) mass is 312 g/mol. The predicted molar refractivity (Wildman–Crippen MR) is 86.9 cm³/mol. The molecular weight excluding hydrogens is 300 g/mol. The predicted octanol–water partition coefficient (Wildman–Crippen LogP) is 3.22. The van der Waals surface area contributed by atoms with Gasteiger partial charge in [-0.3, -0.25) is 0 Å². The number of hydrogen-bond acceptors (Lipinski definition) is 6. The van der Waals surface area contributed by atoms with Crippen LogP contribution in [0.2, 0.25) is 5.28 Å². The highest BCUT2D eigenvalue weighted by Gasteiger charge is 2.10. The van der Waals surface area contributed by atoms with Crippen molar-refractivity contribution >= 4 is 29.1 Å². The van der Waals surface area contributed by atoms with Crippen LogP contribution < -0.4 is 11.1 Å². The van der Waals surface area contributed by atoms with E-state index in [1.54, 1.807) is 18.5 Å². The molecule has 0 radical (unpaired) electrons. The van der Waals surface area contributed by atoms with E-state index >= 15 is 0 Å². The number of nitrogens with zero attached hydrogens (tertiary/aromatic N) is 4. The molecule has 2 aromatic heterocycles. The number of anilines is 3. The van der Waals surface area contributed by atoms with Crippen LogP contribution in [0.15, 0.2) is 42.7 Å². The van der Waals surface area contributed by atoms with Crippen molar-refractivity contribution < 1.29 is 0 Å². The van der Waals surface area contributed by atoms with Gasteiger partial charge in [-0.25, -0.2) is 19.9 Å². The molecule has 3 N–H and O–H groups in total. The lowest BCUT2D eigenvalue weighted by atomic mass is 10.1. The number of rotatable bonds is 3. The minimum atomic E-state index is 0.185. The maximum Gasteiger partial charge on any atom is 0.224 e. The van der Waals surface area contributed by atoms with Crippen LogP contribution in [0.3, 0.4) is 0 Å². The summed E-state index contributed by atoms with van der Waals surface area (Å²) < 4.78 is 0. The Morgan fingerprint density at radius 2 is 1.91 bits per heavy atom. The second kappa shape index (κ2) is 5.95. The summed E-state index contributed by atoms with van der Waals surface area (Å²) in [6.07, 6.45) is 3.30. The molecule has 0 aliphatic carbocycles. The fraction of sp³-hybridized carbons (Fsp3) is 0.0667. The summed E-state index contributed by atoms with van der Waals surface area (Å²) in [5.41, 5.74) is 9.17. The number of nitrogen functional groups attached to an aromatic ring is 1. The Morgan fingerprint density at radius 1 is 1.09 bits per heavy atom. The van der Waals surface area contributed by atoms with Crippen LogP contribution in [0, 0.1) is 6.92 Å². The average molecular weight is 313 g/mol. The minimum Gasteiger partial charge on any atom is -0.368 e. The third-order valence-corrected chi connectivity index (χ3v) is 3.24. The van der Waals surface area contributed by atoms with E-state index in [2.05, 4.69) is 25.3 Å². The summed E-state index contributed by atoms with van der Waals surface area (Å²) in [7, 11) is 0. The molecule has 0 atom stereocenters. The lowest BCUT2D eigenvalue weighted by Gasteiger charge is -2.12. The van der Waals surface area contributed by atoms with Crippen LogP contribution in [0.25, 0.3) is 11.3 Å². The van der Waals surface area contributed by atoms with Crippen molar-refractivity contribution in [2.75, 3.05) is 11.1 Å². The molecule has 0 saturated carbocycles. The van der Waals surface area contributed by atoms with Crippen molar-refractivity contribution in [2.24, 2.45) is 0 Å². The number of nitrogens with one attached hydrogen (secondary N) is 1. The highest BCUT2D eigenvalue weighted by atomic mass is 35.5. The first kappa shape index (κ1) is 14.2. The molecule has 7 heteroatoms. The van der Waals surface area contributed by atoms with Gasteiger partial charge in [-0.1, -0.05) is 18.2 Å². The zero-order valence-corrected chi connectivity index (χ0v) is 12.5. The van der Waals surface area contributed by atoms with Gasteiger partial charge in [-0.15, -0.1) is 0 Å². The minimum absolute atomic E-state index is 0.185. The Hall–Kier alpha value is -2.73. The third-order valence-electron chi connectivity index (χ3n) is 3.06. The Kier molecular flexibility index (Phi) is 3.84. The van der Waals surface area contributed by atoms with Crippen LogP contribution in [-0.4, -0.2) is 19.9 Å². The van der Waals surface area contributed by atoms with Gasteiger partial charge in [0.05, 0.1) is 5.69 Å². The molecule has 0 aliphatic rings. The van der Waals surface area contributed by atoms with Gasteiger partial charge in [-0.05, 0) is 36.2 Å². The zero-order chi connectivity index (χ0) is 15.5. The fourth-order valence-corrected chi connectivity index (χ4v) is 2.22. The van der Waals surface area contributed by atoms with Gasteiger partial charge in [0, 0.05) is 23.6 Å². The molecular formula is C15H13ClN6. The topological polar surface area (TPSA) is 89.6 Å². The summed E-state index contributed by atoms with van der Waals surface area (Å²) in [6.45, 7) is 1.94. The number of hydrogen-bond donors (Lipinski definition) is 2. The summed E-state index contributed by atoms with van der Waals surface area (Å²) in [4.78, 5) is 16.3. The number of halogens is 1. The van der Waals surface area contributed by atoms with Crippen molar-refractivity contribution in [3.05, 3.63) is 53.6 Å². The third kappa shape index (κ3) is 2.96. The fourth-order valence-electron chi connectivity index (χ4n) is 2.07. The van der Waals surface area contributed by atoms with Crippen molar-refractivity contribution in [1.82, 2.24) is 19.9 Å². The smallest absolute Gasteiger partial charge is 0.224 e. The van der Waals surface area contributed by atoms with E-state index < -0.39 is 0 Å². The number of benzene rings is 1. The molecule has 0 unspecified atom stereocenters. The maximum absolute atomic E-state index is 5.81. The highest BCUT2D eigenvalue weighted by Crippen LogP contribution is 2.30. The molecule has 3 aromatic rings. The van der Waals surface area contributed by atoms with Crippen molar-refractivity contribution in [2.45, 2.75) is 6.92 Å². The van der Waals surface area contributed by atoms with E-state index in [0.29, 0.717) is 5.82 Å². The first-order valence-corrected chi connectivity index (χ1v) is 6.95. The molecule has 0 amide bonds. The molecule has 110 valence electrons. The normalized spacial score (nSPS) is 10.5. The second-order valence-corrected chi connectivity index (χ2v) is 4.98. The summed E-state index contributed by atoms with van der Waals surface area (Å²) in [6, 6.07) is 9.49. The lowest BCUT2D eigenvalue weighted by Crippen LogP contribution is -2.01. The van der Waals surface area contributed by atoms with Gasteiger partial charge in [0.25, 0.3) is 0 Å². The van der Waals surface area contributed by atoms with Crippen LogP contribution >= 0.6 is 11.6 Å². The largest absolute Gasteiger partial charge is 0.368 e. The second-order valence-electron chi connectivity index (χ2n) is 4.64. The summed E-state index contributed by atoms with van der Waals surface area (Å²) >= 11 is 5.81. The van der Waals surface area contributed by atoms with Gasteiger partial charge in [0.2, 0.25) is 11.2 Å². The molecule has 0 fully saturated rings. The quantitative estimate of drug-likeness (QED) is 0.722. The lowest BCUT2D eigenvalue weighted by molar-refractivity contribution is 1.15. The van der Waals surface area contributed by atoms with E-state index in [0.717, 1.165) is 22.5 Å². The maximum atomic E-state index is 5.81. The van der Waals surface area contributed by atoms with E-state index in [1.165, 1.54) is 0 Å². The molecule has 0 saturated heterocycles. The van der Waals surface area contributed by atoms with Crippen molar-refractivity contribution in [3.8, 4) is 11.3 Å². The highest BCUT2D eigenvalue weighted by molar-refractivity contribution is 6.28. The number of aryl methyl sites for hydroxylation is 1. The van der Waals surface area contributed by atoms with E-state index in [4.69, 9.17) is 17.3 Å². The first-order valence-electron chi connectivity index (χ1n) is 6.57. The summed E-state index contributed by atoms with van der Waals surface area (Å²) in [5.74, 6) is 0.840. The van der Waals surface area contributed by atoms with Crippen LogP contribution in [0.5, 0.6) is 0 Å². The molecule has 0 spiro atoms. The average Bonchev–Trinajstić information content (AvgIpc) is 2.50. The van der Waals surface area contributed by atoms with Gasteiger partial charge in [-0.2, -0.15) is 0 Å². The molecule has 2 heterocycles. The van der Waals surface area contributed by atoms with Gasteiger partial charge in [0.1, 0.15) is 5.82 Å². The number of nitrogens with two attached hydrogens (primary N) is 1. The molecule has 6 nitrogen and oxygen atoms in total. The zero-order valence-electron chi connectivity index (χ0n) is 11.8. The molecule has 0 aliphatic heterocycles. The van der Waals surface area contributed by atoms with E-state index in [1.807, 2.05) is 31.2 Å². The van der Waals surface area contributed by atoms with Crippen molar-refractivity contribution in [3.63, 3.8) is 0 Å². The van der Waals surface area contributed by atoms with Crippen LogP contribution in [0.4, 0.5) is 17.5 Å². The molecule has 0 bridgehead atoms. The summed E-state index contributed by atoms with van der Waals surface area (Å²) in [5, 5.41) is 3.41. The van der Waals surface area contributed by atoms with E-state index in [9.17, 15) is 0 Å². The number of aromatic nitrogens is 4. The van der Waals surface area contributed by atoms with Crippen LogP contribution in [-0.2, 0) is 0 Å². The van der Waals surface area contributed by atoms with Gasteiger partial charge >= 0.3 is 0 Å². The van der Waals surface area contributed by atoms with Crippen molar-refractivity contribution in [1.29, 1.82) is 0 Å². The first-order chi connectivity index (χ1) is 10.6. The Labute approximate surface area is 132 Å². The standard InChI is InChI=1S/C15H13ClN6/c1-9-8-19-15(17)22-13(9)10-4-2-3-5-11(10)20-12-6-7-18-14(16)21-12/h2-8H,1H3,(H2,17,19,22)(H,18,20,21). The molecule has 3 rings (SSSR count). The Balaban J connectivity index is 2.05.